The van der Waals surface area contributed by atoms with Crippen LogP contribution in [0, 0.1) is 116 Å². The Kier molecular flexibility index (Phi) is 13.0. The highest BCUT2D eigenvalue weighted by molar-refractivity contribution is 8.76. The van der Waals surface area contributed by atoms with Gasteiger partial charge in [0.25, 0.3) is 0 Å². The van der Waals surface area contributed by atoms with Crippen molar-refractivity contribution in [3.8, 4) is 11.8 Å². The zero-order valence-electron chi connectivity index (χ0n) is 50.3. The van der Waals surface area contributed by atoms with Crippen LogP contribution in [0.5, 0.6) is 0 Å². The molecule has 2 aromatic rings. The standard InChI is InChI=1S/C73H93NO9S2/c1-41-45-14-13-42(27-45)36-84-85-37-59-51-19-25-67-24-18-47(43-9-4-3-5-10-43)28-50(67)31-56(51)70(67)39-69(40-76)60-20-26-68-38-66(21-6-7-22-66)23-17-44-11-8-12-48(35-75)52(44)32-58(74-2)53-29-49(62(68)54-33-61(77)83-63(53)54)34-71(68,79)73(60,81)64(78)57-30-46(41)15-16-55(65(70)82-59)72(57,69)80/h3-5,8-12,33,40-42,45-47,49-51,53,55-60,62-65,74-75,78-81H,6-7,13-16,18-22,24-32,34-39H2,1-2H3/t41-,42+,45+,46+,47+,49+,50-,51-,53-,55-,56+,57+,58-,59-,60-,62-,63-,64+,65-,67+,68+,69+,70+,71-,72-,73-/m1/s1. The molecule has 2 saturated heterocycles. The molecule has 0 radical (unpaired) electrons. The highest BCUT2D eigenvalue weighted by atomic mass is 33.1. The Hall–Kier alpha value is -2.70. The first kappa shape index (κ1) is 56.3. The van der Waals surface area contributed by atoms with Gasteiger partial charge in [0.15, 0.2) is 0 Å². The fourth-order valence-corrected chi connectivity index (χ4v) is 29.8. The minimum atomic E-state index is -2.21. The van der Waals surface area contributed by atoms with E-state index in [1.54, 1.807) is 6.08 Å². The van der Waals surface area contributed by atoms with Crippen molar-refractivity contribution in [3.63, 3.8) is 0 Å². The van der Waals surface area contributed by atoms with E-state index in [0.29, 0.717) is 86.4 Å². The fraction of sp³-hybridized carbons (Fsp3) is 0.753. The number of carbonyl (C=O) groups excluding carboxylic acids is 2. The number of nitrogens with one attached hydrogen (secondary N) is 1. The number of fused-ring (bicyclic) bond motifs is 10. The van der Waals surface area contributed by atoms with E-state index < -0.39 is 68.4 Å². The van der Waals surface area contributed by atoms with E-state index in [2.05, 4.69) is 71.3 Å². The lowest BCUT2D eigenvalue weighted by molar-refractivity contribution is -0.405. The first-order valence-corrected chi connectivity index (χ1v) is 36.7. The Balaban J connectivity index is 0.880. The minimum Gasteiger partial charge on any atom is -0.454 e. The molecule has 26 atom stereocenters. The van der Waals surface area contributed by atoms with Gasteiger partial charge in [-0.3, -0.25) is 0 Å². The number of carbonyl (C=O) groups is 2. The molecule has 0 unspecified atom stereocenters. The molecular formula is C73H93NO9S2. The van der Waals surface area contributed by atoms with Gasteiger partial charge in [-0.2, -0.15) is 0 Å². The fourth-order valence-electron chi connectivity index (χ4n) is 27.1. The van der Waals surface area contributed by atoms with Gasteiger partial charge in [-0.05, 0) is 235 Å². The third-order valence-corrected chi connectivity index (χ3v) is 32.7. The van der Waals surface area contributed by atoms with Crippen LogP contribution in [0.1, 0.15) is 176 Å². The van der Waals surface area contributed by atoms with Crippen LogP contribution >= 0.6 is 21.6 Å². The summed E-state index contributed by atoms with van der Waals surface area (Å²) in [5, 5.41) is 75.6. The number of aliphatic hydroxyl groups is 5. The quantitative estimate of drug-likeness (QED) is 0.0744. The molecule has 456 valence electrons. The molecule has 13 aliphatic carbocycles. The van der Waals surface area contributed by atoms with Crippen LogP contribution in [-0.2, 0) is 32.1 Å². The van der Waals surface area contributed by atoms with Gasteiger partial charge in [0.1, 0.15) is 23.6 Å². The lowest BCUT2D eigenvalue weighted by Crippen LogP contribution is -2.88. The second-order valence-corrected chi connectivity index (χ2v) is 34.6. The Morgan fingerprint density at radius 2 is 1.56 bits per heavy atom. The van der Waals surface area contributed by atoms with Gasteiger partial charge in [0.2, 0.25) is 0 Å². The van der Waals surface area contributed by atoms with Crippen molar-refractivity contribution in [3.05, 3.63) is 82.4 Å². The topological polar surface area (TPSA) is 166 Å². The molecule has 16 aliphatic rings. The van der Waals surface area contributed by atoms with E-state index in [4.69, 9.17) is 9.47 Å². The van der Waals surface area contributed by atoms with Crippen LogP contribution in [0.15, 0.2) is 60.2 Å². The van der Waals surface area contributed by atoms with Crippen molar-refractivity contribution in [2.75, 3.05) is 18.6 Å². The van der Waals surface area contributed by atoms with Gasteiger partial charge in [-0.15, -0.1) is 0 Å². The summed E-state index contributed by atoms with van der Waals surface area (Å²) in [6, 6.07) is 17.1. The van der Waals surface area contributed by atoms with E-state index in [9.17, 15) is 15.0 Å². The molecule has 2 aromatic carbocycles. The number of benzene rings is 2. The minimum absolute atomic E-state index is 0.0315. The average molecular weight is 1190 g/mol. The molecule has 3 heterocycles. The maximum absolute atomic E-state index is 16.1. The van der Waals surface area contributed by atoms with Crippen LogP contribution in [0.2, 0.25) is 0 Å². The average Bonchev–Trinajstić information content (AvgIpc) is 1.62. The maximum Gasteiger partial charge on any atom is 0.331 e. The number of likely N-dealkylation sites (N-methyl/N-ethyl adjacent to an activating group) is 1. The first-order valence-electron chi connectivity index (χ1n) is 34.3. The van der Waals surface area contributed by atoms with E-state index in [1.165, 1.54) is 31.1 Å². The van der Waals surface area contributed by atoms with E-state index in [0.717, 1.165) is 111 Å². The van der Waals surface area contributed by atoms with Gasteiger partial charge in [-0.1, -0.05) is 95.7 Å². The molecule has 10 nitrogen and oxygen atoms in total. The van der Waals surface area contributed by atoms with Gasteiger partial charge < -0.3 is 45.1 Å². The summed E-state index contributed by atoms with van der Waals surface area (Å²) >= 11 is 0. The van der Waals surface area contributed by atoms with Crippen molar-refractivity contribution in [1.82, 2.24) is 5.32 Å². The Morgan fingerprint density at radius 3 is 2.38 bits per heavy atom. The molecule has 4 spiro atoms. The Bertz CT molecular complexity index is 3140. The number of aliphatic hydroxyl groups excluding tert-OH is 2. The summed E-state index contributed by atoms with van der Waals surface area (Å²) < 4.78 is 14.7. The SMILES string of the molecule is CN[C@@H]1Cc2c(cccc2CO)C#CC2(CCCC2)C[C@]23CC[C@H]4[C@@](O)([C@@H](O)[C@@H]5C[C@@H]6CC[C@@H]7[C@H]8O[C@H](CSSC[C@H]9CC[C@@H](C9)[C@H]6C)[C@@H]6CC[C@@]9%10CC[C@H](c%11ccccc%11)C[C@@H]9C[C@@H]6[C@@]8%10C[C@@]4(C=O)[C@@]75O)[C@@]2(O)C[C@@H]2C[C@H]1[C@H]1OC(=O)C=C1[C@@H]23. The summed E-state index contributed by atoms with van der Waals surface area (Å²) in [7, 11) is 6.06. The van der Waals surface area contributed by atoms with Crippen molar-refractivity contribution in [2.45, 2.75) is 214 Å². The summed E-state index contributed by atoms with van der Waals surface area (Å²) in [5.74, 6) is 9.51. The van der Waals surface area contributed by atoms with Crippen LogP contribution in [0.4, 0.5) is 0 Å². The number of esters is 1. The smallest absolute Gasteiger partial charge is 0.331 e. The highest BCUT2D eigenvalue weighted by Gasteiger charge is 2.90. The van der Waals surface area contributed by atoms with Crippen LogP contribution in [-0.4, -0.2) is 104 Å². The van der Waals surface area contributed by atoms with Gasteiger partial charge in [0.05, 0.1) is 35.9 Å². The molecule has 11 saturated carbocycles. The van der Waals surface area contributed by atoms with Gasteiger partial charge in [0, 0.05) is 69.1 Å². The predicted molar refractivity (Wildman–Crippen MR) is 328 cm³/mol. The predicted octanol–water partition coefficient (Wildman–Crippen LogP) is 10.9. The van der Waals surface area contributed by atoms with Crippen LogP contribution < -0.4 is 5.32 Å². The molecule has 0 amide bonds. The molecule has 13 fully saturated rings. The van der Waals surface area contributed by atoms with E-state index in [1.807, 2.05) is 30.0 Å². The zero-order chi connectivity index (χ0) is 57.8. The maximum atomic E-state index is 16.1. The summed E-state index contributed by atoms with van der Waals surface area (Å²) in [4.78, 5) is 30.3. The zero-order valence-corrected chi connectivity index (χ0v) is 51.9. The molecule has 0 aromatic heterocycles. The number of hydrogen-bond acceptors (Lipinski definition) is 12. The molecule has 14 bridgehead atoms. The highest BCUT2D eigenvalue weighted by Crippen LogP contribution is 2.86. The third kappa shape index (κ3) is 7.16. The monoisotopic (exact) mass is 1190 g/mol. The number of ether oxygens (including phenoxy) is 2. The molecule has 85 heavy (non-hydrogen) atoms. The number of aldehydes is 1. The van der Waals surface area contributed by atoms with Crippen molar-refractivity contribution in [1.29, 1.82) is 0 Å². The second kappa shape index (κ2) is 19.7. The summed E-state index contributed by atoms with van der Waals surface area (Å²) in [5.41, 5.74) is -4.51. The van der Waals surface area contributed by atoms with Crippen LogP contribution in [0.25, 0.3) is 0 Å². The largest absolute Gasteiger partial charge is 0.454 e. The van der Waals surface area contributed by atoms with Crippen molar-refractivity contribution in [2.24, 2.45) is 104 Å². The van der Waals surface area contributed by atoms with Gasteiger partial charge >= 0.3 is 5.97 Å². The van der Waals surface area contributed by atoms with E-state index >= 15 is 20.1 Å². The molecule has 12 heteroatoms. The molecule has 18 rings (SSSR count). The summed E-state index contributed by atoms with van der Waals surface area (Å²) in [6.07, 6.45) is 19.4. The Labute approximate surface area is 512 Å². The van der Waals surface area contributed by atoms with E-state index in [-0.39, 0.29) is 66.3 Å². The lowest BCUT2D eigenvalue weighted by Gasteiger charge is -2.78. The van der Waals surface area contributed by atoms with Crippen LogP contribution in [0.3, 0.4) is 0 Å². The Morgan fingerprint density at radius 1 is 0.776 bits per heavy atom. The number of rotatable bonds is 4. The first-order chi connectivity index (χ1) is 41.1. The lowest BCUT2D eigenvalue weighted by atomic mass is 9.29. The number of hydrogen-bond donors (Lipinski definition) is 6. The second-order valence-electron chi connectivity index (χ2n) is 32.1. The third-order valence-electron chi connectivity index (χ3n) is 30.2. The summed E-state index contributed by atoms with van der Waals surface area (Å²) in [6.45, 7) is 2.34. The molecular weight excluding hydrogens is 1100 g/mol. The van der Waals surface area contributed by atoms with Crippen molar-refractivity contribution < 1.29 is 44.6 Å². The molecule has 6 N–H and O–H groups in total. The normalized spacial score (nSPS) is 52.7. The van der Waals surface area contributed by atoms with Crippen molar-refractivity contribution >= 4 is 33.8 Å². The van der Waals surface area contributed by atoms with Gasteiger partial charge in [-0.25, -0.2) is 4.79 Å². The molecule has 3 aliphatic heterocycles.